The summed E-state index contributed by atoms with van der Waals surface area (Å²) in [5.41, 5.74) is -1.66. The molecule has 5 aliphatic rings. The van der Waals surface area contributed by atoms with Crippen LogP contribution in [0.4, 0.5) is 11.4 Å². The number of anilines is 2. The molecule has 0 aromatic heterocycles. The summed E-state index contributed by atoms with van der Waals surface area (Å²) in [6.45, 7) is 2.28. The van der Waals surface area contributed by atoms with Crippen LogP contribution in [0.25, 0.3) is 0 Å². The van der Waals surface area contributed by atoms with Crippen molar-refractivity contribution in [1.82, 2.24) is 4.90 Å². The molecule has 2 aromatic carbocycles. The number of fused-ring (bicyclic) bond motifs is 2. The van der Waals surface area contributed by atoms with Crippen molar-refractivity contribution in [2.75, 3.05) is 52.2 Å². The van der Waals surface area contributed by atoms with Gasteiger partial charge >= 0.3 is 5.97 Å². The fraction of sp³-hybridized carbons (Fsp3) is 0.632. The Hall–Kier alpha value is -3.06. The predicted molar refractivity (Wildman–Crippen MR) is 184 cm³/mol. The van der Waals surface area contributed by atoms with E-state index in [1.54, 1.807) is 57.7 Å². The van der Waals surface area contributed by atoms with E-state index in [0.717, 1.165) is 24.9 Å². The molecule has 5 fully saturated rings. The van der Waals surface area contributed by atoms with Crippen LogP contribution in [0, 0.1) is 17.8 Å². The van der Waals surface area contributed by atoms with Crippen molar-refractivity contribution in [2.24, 2.45) is 17.8 Å². The highest BCUT2D eigenvalue weighted by Crippen LogP contribution is 2.71. The van der Waals surface area contributed by atoms with Gasteiger partial charge in [0.05, 0.1) is 41.7 Å². The summed E-state index contributed by atoms with van der Waals surface area (Å²) in [6, 6.07) is 13.8. The largest absolute Gasteiger partial charge is 0.462 e. The standard InChI is InChI=1S/C38H51N3O8/c1-22-10-9-13-32(47-5)37-24(18-31(41(22)37)36(44)20-29(46-4)27-19-30(37)38(36,45)33(27)48-6)21-49-35(43)26-11-7-8-12-28(26)39-34(42)23-14-16-25(17-15-23)40(2)3/h7-8,11-12,14-17,22,24,27,29-33,44-45H,9-10,13,18-21H2,1-6H3,(H,39,42)/t22-,24?,27+,29-,30?,31+,32-,33-,36-,37?,38-/m0/s1. The smallest absolute Gasteiger partial charge is 0.340 e. The zero-order chi connectivity index (χ0) is 34.9. The van der Waals surface area contributed by atoms with Gasteiger partial charge in [-0.3, -0.25) is 9.69 Å². The Balaban J connectivity index is 1.20. The van der Waals surface area contributed by atoms with E-state index in [1.165, 1.54) is 0 Å². The molecule has 266 valence electrons. The number of benzene rings is 2. The average molecular weight is 678 g/mol. The fourth-order valence-electron chi connectivity index (χ4n) is 11.1. The van der Waals surface area contributed by atoms with Crippen LogP contribution >= 0.6 is 0 Å². The van der Waals surface area contributed by atoms with Crippen molar-refractivity contribution in [3.05, 3.63) is 59.7 Å². The van der Waals surface area contributed by atoms with Crippen molar-refractivity contribution in [1.29, 1.82) is 0 Å². The first-order valence-electron chi connectivity index (χ1n) is 17.6. The van der Waals surface area contributed by atoms with Gasteiger partial charge in [-0.25, -0.2) is 4.79 Å². The van der Waals surface area contributed by atoms with Gasteiger partial charge in [0.2, 0.25) is 0 Å². The number of rotatable bonds is 9. The van der Waals surface area contributed by atoms with Crippen LogP contribution in [-0.2, 0) is 18.9 Å². The quantitative estimate of drug-likeness (QED) is 0.338. The lowest BCUT2D eigenvalue weighted by Crippen LogP contribution is -2.83. The Morgan fingerprint density at radius 2 is 1.71 bits per heavy atom. The number of amides is 1. The SMILES string of the molecule is CO[C@H]1C[C@]2(O)[C@H]3CC(COC(=O)c4ccccc4NC(=O)c4ccc(N(C)C)cc4)C4(C5C[C@H]1[C@H](OC)[C@@]52O)[C@@H](OC)CCC[C@H](C)N34. The molecule has 11 atom stereocenters. The highest BCUT2D eigenvalue weighted by Gasteiger charge is 2.85. The van der Waals surface area contributed by atoms with Crippen LogP contribution in [0.15, 0.2) is 48.5 Å². The molecule has 3 saturated heterocycles. The number of methoxy groups -OCH3 is 3. The van der Waals surface area contributed by atoms with E-state index < -0.39 is 40.8 Å². The lowest BCUT2D eigenvalue weighted by atomic mass is 9.57. The summed E-state index contributed by atoms with van der Waals surface area (Å²) >= 11 is 0. The van der Waals surface area contributed by atoms with Gasteiger partial charge in [-0.05, 0) is 75.4 Å². The molecule has 11 heteroatoms. The topological polar surface area (TPSA) is 130 Å². The molecule has 0 radical (unpaired) electrons. The van der Waals surface area contributed by atoms with Gasteiger partial charge in [-0.15, -0.1) is 0 Å². The van der Waals surface area contributed by atoms with Crippen molar-refractivity contribution in [3.63, 3.8) is 0 Å². The van der Waals surface area contributed by atoms with Gasteiger partial charge in [0.25, 0.3) is 5.91 Å². The van der Waals surface area contributed by atoms with Crippen molar-refractivity contribution in [3.8, 4) is 0 Å². The van der Waals surface area contributed by atoms with Gasteiger partial charge in [0.15, 0.2) is 0 Å². The zero-order valence-electron chi connectivity index (χ0n) is 29.4. The Morgan fingerprint density at radius 1 is 0.980 bits per heavy atom. The molecule has 3 aliphatic heterocycles. The number of hydrogen-bond donors (Lipinski definition) is 3. The van der Waals surface area contributed by atoms with E-state index in [-0.39, 0.29) is 48.2 Å². The van der Waals surface area contributed by atoms with Crippen LogP contribution in [0.1, 0.15) is 66.2 Å². The number of piperidine rings is 1. The van der Waals surface area contributed by atoms with E-state index >= 15 is 0 Å². The Bertz CT molecular complexity index is 1570. The second kappa shape index (κ2) is 12.6. The highest BCUT2D eigenvalue weighted by molar-refractivity contribution is 6.08. The maximum absolute atomic E-state index is 13.9. The summed E-state index contributed by atoms with van der Waals surface area (Å²) < 4.78 is 24.6. The van der Waals surface area contributed by atoms with E-state index in [2.05, 4.69) is 17.1 Å². The molecule has 2 aliphatic carbocycles. The molecule has 49 heavy (non-hydrogen) atoms. The number of aliphatic hydroxyl groups is 2. The summed E-state index contributed by atoms with van der Waals surface area (Å²) in [5, 5.41) is 28.6. The fourth-order valence-corrected chi connectivity index (χ4v) is 11.1. The number of para-hydroxylation sites is 1. The number of ether oxygens (including phenoxy) is 4. The molecule has 3 N–H and O–H groups in total. The lowest BCUT2D eigenvalue weighted by Gasteiger charge is -2.66. The van der Waals surface area contributed by atoms with E-state index in [9.17, 15) is 19.8 Å². The maximum atomic E-state index is 13.9. The molecule has 1 amide bonds. The normalized spacial score (nSPS) is 39.2. The van der Waals surface area contributed by atoms with Gasteiger partial charge in [0.1, 0.15) is 11.2 Å². The molecular weight excluding hydrogens is 626 g/mol. The van der Waals surface area contributed by atoms with Crippen molar-refractivity contribution in [2.45, 2.75) is 92.6 Å². The minimum absolute atomic E-state index is 0.0748. The van der Waals surface area contributed by atoms with Gasteiger partial charge in [-0.1, -0.05) is 12.1 Å². The number of esters is 1. The monoisotopic (exact) mass is 677 g/mol. The Morgan fingerprint density at radius 3 is 2.39 bits per heavy atom. The predicted octanol–water partition coefficient (Wildman–Crippen LogP) is 3.72. The molecule has 3 unspecified atom stereocenters. The summed E-state index contributed by atoms with van der Waals surface area (Å²) in [5.74, 6) is -1.61. The molecule has 2 aromatic rings. The molecule has 7 rings (SSSR count). The average Bonchev–Trinajstić information content (AvgIpc) is 3.51. The summed E-state index contributed by atoms with van der Waals surface area (Å²) in [6.07, 6.45) is 2.98. The molecule has 0 spiro atoms. The number of carbonyl (C=O) groups is 2. The third-order valence-electron chi connectivity index (χ3n) is 13.0. The molecule has 2 saturated carbocycles. The number of hydrogen-bond acceptors (Lipinski definition) is 10. The van der Waals surface area contributed by atoms with Crippen molar-refractivity contribution < 1.29 is 38.7 Å². The van der Waals surface area contributed by atoms with Gasteiger partial charge in [0, 0.05) is 82.9 Å². The highest BCUT2D eigenvalue weighted by atomic mass is 16.5. The summed E-state index contributed by atoms with van der Waals surface area (Å²) in [7, 11) is 8.89. The van der Waals surface area contributed by atoms with E-state index in [1.807, 2.05) is 31.1 Å². The molecule has 4 bridgehead atoms. The zero-order valence-corrected chi connectivity index (χ0v) is 29.4. The third kappa shape index (κ3) is 4.83. The molecule has 11 nitrogen and oxygen atoms in total. The minimum Gasteiger partial charge on any atom is -0.462 e. The van der Waals surface area contributed by atoms with Crippen LogP contribution in [0.5, 0.6) is 0 Å². The van der Waals surface area contributed by atoms with Crippen LogP contribution < -0.4 is 10.2 Å². The lowest BCUT2D eigenvalue weighted by molar-refractivity contribution is -0.319. The van der Waals surface area contributed by atoms with E-state index in [0.29, 0.717) is 30.5 Å². The van der Waals surface area contributed by atoms with Gasteiger partial charge < -0.3 is 39.4 Å². The number of nitrogens with zero attached hydrogens (tertiary/aromatic N) is 2. The second-order valence-electron chi connectivity index (χ2n) is 15.1. The number of carbonyl (C=O) groups excluding carboxylic acids is 2. The number of nitrogens with one attached hydrogen (secondary N) is 1. The van der Waals surface area contributed by atoms with Crippen LogP contribution in [-0.4, -0.2) is 116 Å². The molecule has 3 heterocycles. The molecular formula is C38H51N3O8. The Labute approximate surface area is 288 Å². The summed E-state index contributed by atoms with van der Waals surface area (Å²) in [4.78, 5) is 31.5. The van der Waals surface area contributed by atoms with Crippen LogP contribution in [0.2, 0.25) is 0 Å². The first kappa shape index (κ1) is 34.4. The maximum Gasteiger partial charge on any atom is 0.340 e. The van der Waals surface area contributed by atoms with Gasteiger partial charge in [-0.2, -0.15) is 0 Å². The Kier molecular flexibility index (Phi) is 8.85. The first-order valence-corrected chi connectivity index (χ1v) is 17.6. The third-order valence-corrected chi connectivity index (χ3v) is 13.0. The van der Waals surface area contributed by atoms with Crippen LogP contribution in [0.3, 0.4) is 0 Å². The van der Waals surface area contributed by atoms with E-state index in [4.69, 9.17) is 18.9 Å². The second-order valence-corrected chi connectivity index (χ2v) is 15.1. The first-order chi connectivity index (χ1) is 23.5. The minimum atomic E-state index is -1.52. The van der Waals surface area contributed by atoms with Crippen molar-refractivity contribution >= 4 is 23.3 Å².